The highest BCUT2D eigenvalue weighted by atomic mass is 16.6. The van der Waals surface area contributed by atoms with Gasteiger partial charge in [-0.3, -0.25) is 20.2 Å². The maximum Gasteiger partial charge on any atom is 0.417 e. The van der Waals surface area contributed by atoms with E-state index < -0.39 is 43.9 Å². The molecule has 18 heteroatoms. The van der Waals surface area contributed by atoms with Crippen molar-refractivity contribution in [2.24, 2.45) is 5.11 Å². The molecule has 0 saturated heterocycles. The van der Waals surface area contributed by atoms with Gasteiger partial charge < -0.3 is 10.4 Å². The molecule has 0 aliphatic carbocycles. The lowest BCUT2D eigenvalue weighted by atomic mass is 10.2. The Bertz CT molecular complexity index is 1130. The molecule has 26 heavy (non-hydrogen) atoms. The van der Waals surface area contributed by atoms with E-state index in [0.717, 1.165) is 6.07 Å². The summed E-state index contributed by atoms with van der Waals surface area (Å²) in [6, 6.07) is 1.36. The van der Waals surface area contributed by atoms with E-state index in [0.29, 0.717) is 10.9 Å². The molecular weight excluding hydrogens is 360 g/mol. The van der Waals surface area contributed by atoms with Crippen molar-refractivity contribution >= 4 is 28.4 Å². The highest BCUT2D eigenvalue weighted by molar-refractivity contribution is 5.73. The second-order valence-corrected chi connectivity index (χ2v) is 4.39. The molecule has 3 aromatic rings. The zero-order chi connectivity index (χ0) is 19.0. The Kier molecular flexibility index (Phi) is 3.55. The van der Waals surface area contributed by atoms with Gasteiger partial charge in [0.25, 0.3) is 11.4 Å². The number of nitrogens with zero attached hydrogens (tertiary/aromatic N) is 12. The first-order valence-electron chi connectivity index (χ1n) is 6.19. The number of non-ortho nitro benzene ring substituents is 1. The smallest absolute Gasteiger partial charge is 0.417 e. The molecule has 1 aromatic carbocycles. The van der Waals surface area contributed by atoms with Gasteiger partial charge in [-0.25, -0.2) is 0 Å². The van der Waals surface area contributed by atoms with Gasteiger partial charge in [0.05, 0.1) is 21.0 Å². The van der Waals surface area contributed by atoms with Crippen LogP contribution in [-0.4, -0.2) is 35.2 Å². The van der Waals surface area contributed by atoms with E-state index in [1.165, 1.54) is 0 Å². The van der Waals surface area contributed by atoms with Crippen molar-refractivity contribution in [3.63, 3.8) is 0 Å². The molecule has 0 N–H and O–H groups in total. The number of hydrogen-bond acceptors (Lipinski definition) is 11. The molecule has 2 aromatic heterocycles. The van der Waals surface area contributed by atoms with Crippen molar-refractivity contribution in [3.05, 3.63) is 53.2 Å². The third-order valence-corrected chi connectivity index (χ3v) is 2.92. The summed E-state index contributed by atoms with van der Waals surface area (Å²) in [6.45, 7) is 0. The first kappa shape index (κ1) is 16.1. The summed E-state index contributed by atoms with van der Waals surface area (Å²) >= 11 is 0. The number of nitro benzene ring substituents is 2. The quantitative estimate of drug-likeness (QED) is 0.107. The van der Waals surface area contributed by atoms with E-state index in [2.05, 4.69) is 30.5 Å². The molecule has 2 heterocycles. The molecule has 0 radical (unpaired) electrons. The van der Waals surface area contributed by atoms with Crippen molar-refractivity contribution in [2.75, 3.05) is 0 Å². The Morgan fingerprint density at radius 2 is 1.92 bits per heavy atom. The van der Waals surface area contributed by atoms with Gasteiger partial charge in [0.15, 0.2) is 0 Å². The molecular formula is C8H2N12O6. The normalized spacial score (nSPS) is 10.5. The number of nitro groups is 2. The molecule has 3 rings (SSSR count). The highest BCUT2D eigenvalue weighted by Gasteiger charge is 2.28. The minimum Gasteiger partial charge on any atom is -0.588 e. The Morgan fingerprint density at radius 3 is 2.54 bits per heavy atom. The van der Waals surface area contributed by atoms with Crippen molar-refractivity contribution in [1.29, 1.82) is 0 Å². The number of fused-ring (bicyclic) bond motifs is 1. The van der Waals surface area contributed by atoms with E-state index in [-0.39, 0.29) is 9.80 Å². The van der Waals surface area contributed by atoms with Gasteiger partial charge >= 0.3 is 16.5 Å². The van der Waals surface area contributed by atoms with Crippen molar-refractivity contribution < 1.29 is 19.7 Å². The van der Waals surface area contributed by atoms with E-state index in [1.807, 2.05) is 0 Å². The van der Waals surface area contributed by atoms with Crippen LogP contribution in [-0.2, 0) is 0 Å². The largest absolute Gasteiger partial charge is 0.588 e. The molecule has 0 bridgehead atoms. The fraction of sp³-hybridized carbons (Fsp3) is 0. The van der Waals surface area contributed by atoms with Crippen LogP contribution in [0.15, 0.2) is 17.2 Å². The van der Waals surface area contributed by atoms with E-state index in [4.69, 9.17) is 5.53 Å². The zero-order valence-corrected chi connectivity index (χ0v) is 12.0. The molecule has 0 unspecified atom stereocenters. The van der Waals surface area contributed by atoms with Crippen LogP contribution < -0.4 is 9.80 Å². The lowest BCUT2D eigenvalue weighted by Crippen LogP contribution is -2.50. The van der Waals surface area contributed by atoms with Crippen LogP contribution in [0.1, 0.15) is 0 Å². The van der Waals surface area contributed by atoms with Crippen LogP contribution in [0.5, 0.6) is 0 Å². The number of aromatic nitrogens is 7. The SMILES string of the molecule is [N-]=[N+]=Nc1c(-n2nc3n[n+]([O-])n[n+]([O-])c3n2)cc([N+](=O)[O-])cc1[N+](=O)[O-]. The molecule has 0 aliphatic rings. The summed E-state index contributed by atoms with van der Waals surface area (Å²) in [5.41, 5.74) is 4.80. The Hall–Kier alpha value is -4.73. The first-order chi connectivity index (χ1) is 12.3. The average molecular weight is 362 g/mol. The average Bonchev–Trinajstić information content (AvgIpc) is 2.98. The Labute approximate surface area is 138 Å². The molecule has 0 spiro atoms. The first-order valence-corrected chi connectivity index (χ1v) is 6.19. The summed E-state index contributed by atoms with van der Waals surface area (Å²) in [5, 5.41) is 61.2. The number of azide groups is 1. The van der Waals surface area contributed by atoms with Crippen LogP contribution in [0.4, 0.5) is 17.1 Å². The summed E-state index contributed by atoms with van der Waals surface area (Å²) in [5.74, 6) is 0. The maximum absolute atomic E-state index is 11.5. The van der Waals surface area contributed by atoms with Crippen molar-refractivity contribution in [1.82, 2.24) is 25.3 Å². The zero-order valence-electron chi connectivity index (χ0n) is 12.0. The Balaban J connectivity index is 2.39. The fourth-order valence-electron chi connectivity index (χ4n) is 1.93. The monoisotopic (exact) mass is 362 g/mol. The number of benzene rings is 1. The highest BCUT2D eigenvalue weighted by Crippen LogP contribution is 2.37. The summed E-state index contributed by atoms with van der Waals surface area (Å²) in [7, 11) is 0. The molecule has 130 valence electrons. The predicted molar refractivity (Wildman–Crippen MR) is 74.5 cm³/mol. The molecule has 18 nitrogen and oxygen atoms in total. The van der Waals surface area contributed by atoms with Gasteiger partial charge in [-0.1, -0.05) is 10.2 Å². The standard InChI is InChI=1S/C8H2N12O6/c9-14-10-6-4(1-3(18(22)23)2-5(6)19(24)25)16-11-7-8(13-16)17(21)15-20(26)12-7/h1-2H. The third-order valence-electron chi connectivity index (χ3n) is 2.92. The second-order valence-electron chi connectivity index (χ2n) is 4.39. The third kappa shape index (κ3) is 2.55. The van der Waals surface area contributed by atoms with Crippen LogP contribution >= 0.6 is 0 Å². The van der Waals surface area contributed by atoms with E-state index in [1.54, 1.807) is 0 Å². The Morgan fingerprint density at radius 1 is 1.19 bits per heavy atom. The molecule has 0 aliphatic heterocycles. The fourth-order valence-corrected chi connectivity index (χ4v) is 1.93. The minimum absolute atomic E-state index is 0.224. The molecule has 0 fully saturated rings. The number of hydrogen-bond donors (Lipinski definition) is 0. The second kappa shape index (κ2) is 5.72. The maximum atomic E-state index is 11.5. The van der Waals surface area contributed by atoms with Crippen molar-refractivity contribution in [3.8, 4) is 5.69 Å². The summed E-state index contributed by atoms with van der Waals surface area (Å²) < 4.78 is 0. The topological polar surface area (TPSA) is 245 Å². The van der Waals surface area contributed by atoms with Gasteiger partial charge in [-0.15, -0.1) is 9.90 Å². The van der Waals surface area contributed by atoms with Crippen LogP contribution in [0.2, 0.25) is 0 Å². The van der Waals surface area contributed by atoms with E-state index in [9.17, 15) is 30.6 Å². The summed E-state index contributed by atoms with van der Waals surface area (Å²) in [6.07, 6.45) is 0. The van der Waals surface area contributed by atoms with Gasteiger partial charge in [0.1, 0.15) is 16.3 Å². The minimum atomic E-state index is -1.01. The predicted octanol–water partition coefficient (Wildman–Crippen LogP) is -0.764. The lowest BCUT2D eigenvalue weighted by molar-refractivity contribution is -0.864. The van der Waals surface area contributed by atoms with Gasteiger partial charge in [0.2, 0.25) is 0 Å². The summed E-state index contributed by atoms with van der Waals surface area (Å²) in [4.78, 5) is 22.6. The van der Waals surface area contributed by atoms with Crippen LogP contribution in [0.25, 0.3) is 27.4 Å². The lowest BCUT2D eigenvalue weighted by Gasteiger charge is -2.04. The van der Waals surface area contributed by atoms with Crippen molar-refractivity contribution in [2.45, 2.75) is 0 Å². The van der Waals surface area contributed by atoms with Gasteiger partial charge in [-0.05, 0) is 5.53 Å². The molecule has 0 saturated carbocycles. The van der Waals surface area contributed by atoms with Gasteiger partial charge in [0, 0.05) is 15.8 Å². The van der Waals surface area contributed by atoms with Crippen LogP contribution in [0, 0.1) is 30.6 Å². The number of rotatable bonds is 4. The van der Waals surface area contributed by atoms with E-state index >= 15 is 0 Å². The molecule has 0 amide bonds. The van der Waals surface area contributed by atoms with Crippen LogP contribution in [0.3, 0.4) is 0 Å². The molecule has 0 atom stereocenters. The van der Waals surface area contributed by atoms with Gasteiger partial charge in [-0.2, -0.15) is 0 Å².